The van der Waals surface area contributed by atoms with Crippen molar-refractivity contribution in [3.05, 3.63) is 94.5 Å². The number of aryl methyl sites for hydroxylation is 2. The average molecular weight is 582 g/mol. The summed E-state index contributed by atoms with van der Waals surface area (Å²) < 4.78 is 28.9. The lowest BCUT2D eigenvalue weighted by molar-refractivity contribution is -0.139. The molecule has 0 saturated heterocycles. The molecule has 2 amide bonds. The van der Waals surface area contributed by atoms with E-state index in [4.69, 9.17) is 11.6 Å². The van der Waals surface area contributed by atoms with Crippen molar-refractivity contribution in [3.8, 4) is 0 Å². The lowest BCUT2D eigenvalue weighted by Gasteiger charge is -2.32. The minimum Gasteiger partial charge on any atom is -0.352 e. The number of carbonyl (C=O) groups is 2. The Hall–Kier alpha value is -3.36. The van der Waals surface area contributed by atoms with Crippen LogP contribution in [0.15, 0.2) is 77.7 Å². The molecule has 1 N–H and O–H groups in total. The van der Waals surface area contributed by atoms with Gasteiger partial charge in [-0.2, -0.15) is 0 Å². The van der Waals surface area contributed by atoms with Gasteiger partial charge in [0.05, 0.1) is 10.6 Å². The summed E-state index contributed by atoms with van der Waals surface area (Å²) in [5.74, 6) is -0.777. The number of carbonyl (C=O) groups excluding carboxylic acids is 2. The van der Waals surface area contributed by atoms with E-state index >= 15 is 0 Å². The summed E-state index contributed by atoms with van der Waals surface area (Å²) in [6.07, 6.45) is 3.94. The van der Waals surface area contributed by atoms with E-state index in [0.29, 0.717) is 16.3 Å². The van der Waals surface area contributed by atoms with Crippen molar-refractivity contribution in [3.63, 3.8) is 0 Å². The Morgan fingerprint density at radius 2 is 1.50 bits per heavy atom. The Labute approximate surface area is 242 Å². The normalized spacial score (nSPS) is 14.5. The molecule has 0 spiro atoms. The summed E-state index contributed by atoms with van der Waals surface area (Å²) >= 11 is 6.43. The van der Waals surface area contributed by atoms with Crippen LogP contribution in [-0.2, 0) is 26.2 Å². The zero-order valence-corrected chi connectivity index (χ0v) is 24.7. The Morgan fingerprint density at radius 3 is 2.10 bits per heavy atom. The van der Waals surface area contributed by atoms with E-state index in [9.17, 15) is 18.0 Å². The van der Waals surface area contributed by atoms with Gasteiger partial charge in [0.25, 0.3) is 10.0 Å². The predicted molar refractivity (Wildman–Crippen MR) is 159 cm³/mol. The number of anilines is 1. The third-order valence-electron chi connectivity index (χ3n) is 7.38. The summed E-state index contributed by atoms with van der Waals surface area (Å²) in [6, 6.07) is 19.9. The number of benzene rings is 3. The van der Waals surface area contributed by atoms with Gasteiger partial charge in [-0.3, -0.25) is 13.9 Å². The number of rotatable bonds is 10. The molecule has 3 aromatic rings. The minimum atomic E-state index is -4.10. The smallest absolute Gasteiger partial charge is 0.264 e. The summed E-state index contributed by atoms with van der Waals surface area (Å²) in [7, 11) is -4.10. The standard InChI is InChI=1S/C31H36ClN3O4S/c1-22-12-16-27(17-13-22)35(40(38,39)28-18-14-23(2)15-19-28)21-30(36)34(20-25-8-4-7-11-29(25)32)24(3)31(37)33-26-9-5-6-10-26/h4,7-8,11-19,24,26H,5-6,9-10,20-21H2,1-3H3,(H,33,37)/t24-/m1/s1. The average Bonchev–Trinajstić information content (AvgIpc) is 3.44. The maximum absolute atomic E-state index is 14.0. The van der Waals surface area contributed by atoms with Crippen LogP contribution in [-0.4, -0.2) is 43.8 Å². The number of sulfonamides is 1. The van der Waals surface area contributed by atoms with Crippen molar-refractivity contribution < 1.29 is 18.0 Å². The topological polar surface area (TPSA) is 86.8 Å². The van der Waals surface area contributed by atoms with E-state index in [0.717, 1.165) is 41.1 Å². The van der Waals surface area contributed by atoms with Gasteiger partial charge in [-0.15, -0.1) is 0 Å². The maximum atomic E-state index is 14.0. The second-order valence-corrected chi connectivity index (χ2v) is 12.7. The summed E-state index contributed by atoms with van der Waals surface area (Å²) in [5.41, 5.74) is 2.91. The van der Waals surface area contributed by atoms with Gasteiger partial charge >= 0.3 is 0 Å². The highest BCUT2D eigenvalue weighted by Gasteiger charge is 2.33. The quantitative estimate of drug-likeness (QED) is 0.336. The molecule has 7 nitrogen and oxygen atoms in total. The number of amides is 2. The van der Waals surface area contributed by atoms with Crippen molar-refractivity contribution in [2.75, 3.05) is 10.8 Å². The molecule has 40 heavy (non-hydrogen) atoms. The van der Waals surface area contributed by atoms with E-state index in [1.807, 2.05) is 19.9 Å². The summed E-state index contributed by atoms with van der Waals surface area (Å²) in [4.78, 5) is 28.8. The third-order valence-corrected chi connectivity index (χ3v) is 9.53. The number of hydrogen-bond acceptors (Lipinski definition) is 4. The van der Waals surface area contributed by atoms with E-state index in [1.165, 1.54) is 17.0 Å². The Bertz CT molecular complexity index is 1440. The lowest BCUT2D eigenvalue weighted by atomic mass is 10.1. The minimum absolute atomic E-state index is 0.0596. The van der Waals surface area contributed by atoms with Crippen molar-refractivity contribution in [2.45, 2.75) is 70.0 Å². The first-order valence-electron chi connectivity index (χ1n) is 13.6. The molecule has 4 rings (SSSR count). The predicted octanol–water partition coefficient (Wildman–Crippen LogP) is 5.63. The van der Waals surface area contributed by atoms with Gasteiger partial charge < -0.3 is 10.2 Å². The SMILES string of the molecule is Cc1ccc(N(CC(=O)N(Cc2ccccc2Cl)[C@H](C)C(=O)NC2CCCC2)S(=O)(=O)c2ccc(C)cc2)cc1. The Balaban J connectivity index is 1.69. The van der Waals surface area contributed by atoms with Crippen LogP contribution in [0.5, 0.6) is 0 Å². The van der Waals surface area contributed by atoms with Gasteiger partial charge in [0.2, 0.25) is 11.8 Å². The van der Waals surface area contributed by atoms with Gasteiger partial charge in [-0.05, 0) is 69.5 Å². The largest absolute Gasteiger partial charge is 0.352 e. The van der Waals surface area contributed by atoms with E-state index < -0.39 is 28.5 Å². The molecule has 1 saturated carbocycles. The molecule has 1 aliphatic rings. The zero-order valence-electron chi connectivity index (χ0n) is 23.1. The van der Waals surface area contributed by atoms with Gasteiger partial charge in [0.1, 0.15) is 12.6 Å². The Morgan fingerprint density at radius 1 is 0.925 bits per heavy atom. The molecular formula is C31H36ClN3O4S. The molecule has 0 unspecified atom stereocenters. The van der Waals surface area contributed by atoms with Crippen molar-refractivity contribution in [1.29, 1.82) is 0 Å². The van der Waals surface area contributed by atoms with Crippen LogP contribution in [0.3, 0.4) is 0 Å². The molecule has 0 aliphatic heterocycles. The van der Waals surface area contributed by atoms with Gasteiger partial charge in [-0.25, -0.2) is 8.42 Å². The second-order valence-electron chi connectivity index (χ2n) is 10.4. The third kappa shape index (κ3) is 7.04. The van der Waals surface area contributed by atoms with Gasteiger partial charge in [0, 0.05) is 17.6 Å². The fourth-order valence-electron chi connectivity index (χ4n) is 4.86. The monoisotopic (exact) mass is 581 g/mol. The van der Waals surface area contributed by atoms with Gasteiger partial charge in [0.15, 0.2) is 0 Å². The fraction of sp³-hybridized carbons (Fsp3) is 0.355. The highest BCUT2D eigenvalue weighted by atomic mass is 35.5. The first-order chi connectivity index (χ1) is 19.1. The molecule has 0 bridgehead atoms. The molecule has 9 heteroatoms. The molecule has 0 aromatic heterocycles. The number of nitrogens with zero attached hydrogens (tertiary/aromatic N) is 2. The van der Waals surface area contributed by atoms with E-state index in [-0.39, 0.29) is 23.4 Å². The second kappa shape index (κ2) is 12.9. The zero-order chi connectivity index (χ0) is 28.9. The van der Waals surface area contributed by atoms with Crippen molar-refractivity contribution in [1.82, 2.24) is 10.2 Å². The first kappa shape index (κ1) is 29.6. The van der Waals surface area contributed by atoms with Crippen LogP contribution >= 0.6 is 11.6 Å². The van der Waals surface area contributed by atoms with Crippen LogP contribution < -0.4 is 9.62 Å². The molecule has 1 aliphatic carbocycles. The highest BCUT2D eigenvalue weighted by molar-refractivity contribution is 7.92. The number of hydrogen-bond donors (Lipinski definition) is 1. The van der Waals surface area contributed by atoms with Crippen LogP contribution in [0.1, 0.15) is 49.3 Å². The Kier molecular flexibility index (Phi) is 9.53. The van der Waals surface area contributed by atoms with Crippen LogP contribution in [0.2, 0.25) is 5.02 Å². The summed E-state index contributed by atoms with van der Waals surface area (Å²) in [6.45, 7) is 5.03. The van der Waals surface area contributed by atoms with Crippen LogP contribution in [0.25, 0.3) is 0 Å². The first-order valence-corrected chi connectivity index (χ1v) is 15.4. The summed E-state index contributed by atoms with van der Waals surface area (Å²) in [5, 5.41) is 3.53. The molecule has 1 fully saturated rings. The van der Waals surface area contributed by atoms with E-state index in [1.54, 1.807) is 61.5 Å². The van der Waals surface area contributed by atoms with Crippen molar-refractivity contribution >= 4 is 39.1 Å². The van der Waals surface area contributed by atoms with Crippen molar-refractivity contribution in [2.24, 2.45) is 0 Å². The molecule has 1 atom stereocenters. The fourth-order valence-corrected chi connectivity index (χ4v) is 6.47. The van der Waals surface area contributed by atoms with Gasteiger partial charge in [-0.1, -0.05) is 78.0 Å². The molecular weight excluding hydrogens is 546 g/mol. The molecule has 212 valence electrons. The molecule has 3 aromatic carbocycles. The number of halogens is 1. The van der Waals surface area contributed by atoms with Crippen LogP contribution in [0, 0.1) is 13.8 Å². The van der Waals surface area contributed by atoms with E-state index in [2.05, 4.69) is 5.32 Å². The lowest BCUT2D eigenvalue weighted by Crippen LogP contribution is -2.52. The molecule has 0 heterocycles. The number of nitrogens with one attached hydrogen (secondary N) is 1. The molecule has 0 radical (unpaired) electrons. The van der Waals surface area contributed by atoms with Crippen LogP contribution in [0.4, 0.5) is 5.69 Å². The highest BCUT2D eigenvalue weighted by Crippen LogP contribution is 2.26. The maximum Gasteiger partial charge on any atom is 0.264 e.